The number of rotatable bonds is 4. The third kappa shape index (κ3) is 4.99. The van der Waals surface area contributed by atoms with Gasteiger partial charge in [0.25, 0.3) is 0 Å². The standard InChI is InChI=1S/C15H28N2OS/c1-12(2)10-17-7-5-13(6-8-17)15(18)16-14-4-3-9-19-11-14/h12-14H,3-11H2,1-2H3,(H,16,18). The van der Waals surface area contributed by atoms with Gasteiger partial charge in [0.2, 0.25) is 5.91 Å². The maximum atomic E-state index is 12.3. The number of hydrogen-bond acceptors (Lipinski definition) is 3. The van der Waals surface area contributed by atoms with Crippen molar-refractivity contribution >= 4 is 17.7 Å². The fourth-order valence-electron chi connectivity index (χ4n) is 3.07. The number of amides is 1. The number of carbonyl (C=O) groups excluding carboxylic acids is 1. The number of hydrogen-bond donors (Lipinski definition) is 1. The third-order valence-electron chi connectivity index (χ3n) is 4.09. The smallest absolute Gasteiger partial charge is 0.223 e. The van der Waals surface area contributed by atoms with Gasteiger partial charge in [-0.25, -0.2) is 0 Å². The van der Waals surface area contributed by atoms with Crippen LogP contribution in [0.5, 0.6) is 0 Å². The fraction of sp³-hybridized carbons (Fsp3) is 0.933. The van der Waals surface area contributed by atoms with Crippen molar-refractivity contribution in [1.82, 2.24) is 10.2 Å². The van der Waals surface area contributed by atoms with E-state index in [2.05, 4.69) is 24.1 Å². The van der Waals surface area contributed by atoms with Crippen LogP contribution in [0, 0.1) is 11.8 Å². The van der Waals surface area contributed by atoms with Crippen molar-refractivity contribution in [1.29, 1.82) is 0 Å². The van der Waals surface area contributed by atoms with Gasteiger partial charge in [0.15, 0.2) is 0 Å². The van der Waals surface area contributed by atoms with E-state index in [0.717, 1.165) is 37.6 Å². The van der Waals surface area contributed by atoms with E-state index in [1.165, 1.54) is 25.1 Å². The Hall–Kier alpha value is -0.220. The average molecular weight is 284 g/mol. The first kappa shape index (κ1) is 15.2. The maximum absolute atomic E-state index is 12.3. The van der Waals surface area contributed by atoms with E-state index in [-0.39, 0.29) is 5.92 Å². The number of piperidine rings is 1. The summed E-state index contributed by atoms with van der Waals surface area (Å²) in [6.07, 6.45) is 4.50. The molecule has 1 N–H and O–H groups in total. The highest BCUT2D eigenvalue weighted by Gasteiger charge is 2.27. The molecule has 2 heterocycles. The lowest BCUT2D eigenvalue weighted by atomic mass is 9.95. The van der Waals surface area contributed by atoms with Gasteiger partial charge in [-0.05, 0) is 50.4 Å². The molecular formula is C15H28N2OS. The minimum atomic E-state index is 0.260. The molecule has 0 aromatic heterocycles. The fourth-order valence-corrected chi connectivity index (χ4v) is 4.14. The van der Waals surface area contributed by atoms with Gasteiger partial charge in [0, 0.05) is 24.3 Å². The molecule has 0 radical (unpaired) electrons. The lowest BCUT2D eigenvalue weighted by Gasteiger charge is -2.33. The second-order valence-corrected chi connectivity index (χ2v) is 7.54. The maximum Gasteiger partial charge on any atom is 0.223 e. The summed E-state index contributed by atoms with van der Waals surface area (Å²) in [5.41, 5.74) is 0. The zero-order valence-electron chi connectivity index (χ0n) is 12.4. The monoisotopic (exact) mass is 284 g/mol. The van der Waals surface area contributed by atoms with Crippen molar-refractivity contribution in [2.45, 2.75) is 45.6 Å². The van der Waals surface area contributed by atoms with Gasteiger partial charge in [-0.2, -0.15) is 11.8 Å². The molecule has 2 saturated heterocycles. The molecule has 0 aliphatic carbocycles. The van der Waals surface area contributed by atoms with Gasteiger partial charge in [0.05, 0.1) is 0 Å². The normalized spacial score (nSPS) is 26.6. The van der Waals surface area contributed by atoms with E-state index < -0.39 is 0 Å². The molecule has 4 heteroatoms. The summed E-state index contributed by atoms with van der Waals surface area (Å²) in [5.74, 6) is 3.68. The zero-order chi connectivity index (χ0) is 13.7. The number of nitrogens with one attached hydrogen (secondary N) is 1. The molecule has 3 nitrogen and oxygen atoms in total. The molecule has 0 spiro atoms. The summed E-state index contributed by atoms with van der Waals surface area (Å²) in [4.78, 5) is 14.8. The van der Waals surface area contributed by atoms with Gasteiger partial charge in [0.1, 0.15) is 0 Å². The van der Waals surface area contributed by atoms with Crippen LogP contribution < -0.4 is 5.32 Å². The average Bonchev–Trinajstić information content (AvgIpc) is 2.40. The summed E-state index contributed by atoms with van der Waals surface area (Å²) in [6, 6.07) is 0.431. The quantitative estimate of drug-likeness (QED) is 0.860. The number of likely N-dealkylation sites (tertiary alicyclic amines) is 1. The Morgan fingerprint density at radius 1 is 1.32 bits per heavy atom. The highest BCUT2D eigenvalue weighted by molar-refractivity contribution is 7.99. The van der Waals surface area contributed by atoms with Crippen LogP contribution in [0.2, 0.25) is 0 Å². The molecule has 0 bridgehead atoms. The summed E-state index contributed by atoms with van der Waals surface area (Å²) in [6.45, 7) is 7.89. The largest absolute Gasteiger partial charge is 0.352 e. The van der Waals surface area contributed by atoms with Gasteiger partial charge in [-0.15, -0.1) is 0 Å². The van der Waals surface area contributed by atoms with Crippen molar-refractivity contribution in [3.05, 3.63) is 0 Å². The Kier molecular flexibility index (Phi) is 6.02. The van der Waals surface area contributed by atoms with E-state index in [1.807, 2.05) is 11.8 Å². The van der Waals surface area contributed by atoms with E-state index in [4.69, 9.17) is 0 Å². The van der Waals surface area contributed by atoms with Crippen molar-refractivity contribution < 1.29 is 4.79 Å². The van der Waals surface area contributed by atoms with Crippen molar-refractivity contribution in [3.63, 3.8) is 0 Å². The number of thioether (sulfide) groups is 1. The van der Waals surface area contributed by atoms with Gasteiger partial charge in [-0.3, -0.25) is 4.79 Å². The highest BCUT2D eigenvalue weighted by Crippen LogP contribution is 2.21. The molecule has 1 amide bonds. The zero-order valence-corrected chi connectivity index (χ0v) is 13.2. The Balaban J connectivity index is 1.69. The first-order valence-corrected chi connectivity index (χ1v) is 8.91. The summed E-state index contributed by atoms with van der Waals surface area (Å²) < 4.78 is 0. The van der Waals surface area contributed by atoms with Crippen LogP contribution >= 0.6 is 11.8 Å². The molecule has 110 valence electrons. The molecule has 2 aliphatic heterocycles. The van der Waals surface area contributed by atoms with Crippen molar-refractivity contribution in [2.24, 2.45) is 11.8 Å². The van der Waals surface area contributed by atoms with Gasteiger partial charge in [-0.1, -0.05) is 13.8 Å². The third-order valence-corrected chi connectivity index (χ3v) is 5.30. The molecule has 1 atom stereocenters. The lowest BCUT2D eigenvalue weighted by Crippen LogP contribution is -2.45. The molecule has 2 rings (SSSR count). The molecule has 2 aliphatic rings. The topological polar surface area (TPSA) is 32.3 Å². The minimum Gasteiger partial charge on any atom is -0.352 e. The second kappa shape index (κ2) is 7.53. The predicted molar refractivity (Wildman–Crippen MR) is 82.5 cm³/mol. The van der Waals surface area contributed by atoms with Gasteiger partial charge < -0.3 is 10.2 Å². The number of nitrogens with zero attached hydrogens (tertiary/aromatic N) is 1. The van der Waals surface area contributed by atoms with E-state index in [9.17, 15) is 4.79 Å². The molecule has 1 unspecified atom stereocenters. The SMILES string of the molecule is CC(C)CN1CCC(C(=O)NC2CCCSC2)CC1. The van der Waals surface area contributed by atoms with Crippen molar-refractivity contribution in [2.75, 3.05) is 31.1 Å². The van der Waals surface area contributed by atoms with Gasteiger partial charge >= 0.3 is 0 Å². The Morgan fingerprint density at radius 2 is 2.05 bits per heavy atom. The minimum absolute atomic E-state index is 0.260. The number of carbonyl (C=O) groups is 1. The lowest BCUT2D eigenvalue weighted by molar-refractivity contribution is -0.127. The second-order valence-electron chi connectivity index (χ2n) is 6.39. The first-order valence-electron chi connectivity index (χ1n) is 7.75. The molecule has 0 saturated carbocycles. The Morgan fingerprint density at radius 3 is 2.63 bits per heavy atom. The summed E-state index contributed by atoms with van der Waals surface area (Å²) >= 11 is 1.98. The van der Waals surface area contributed by atoms with E-state index >= 15 is 0 Å². The van der Waals surface area contributed by atoms with Crippen LogP contribution in [0.1, 0.15) is 39.5 Å². The van der Waals surface area contributed by atoms with Crippen LogP contribution in [-0.2, 0) is 4.79 Å². The van der Waals surface area contributed by atoms with E-state index in [0.29, 0.717) is 11.9 Å². The molecule has 0 aromatic rings. The molecular weight excluding hydrogens is 256 g/mol. The molecule has 0 aromatic carbocycles. The summed E-state index contributed by atoms with van der Waals surface area (Å²) in [7, 11) is 0. The molecule has 19 heavy (non-hydrogen) atoms. The first-order chi connectivity index (χ1) is 9.15. The highest BCUT2D eigenvalue weighted by atomic mass is 32.2. The van der Waals surface area contributed by atoms with Crippen LogP contribution in [0.4, 0.5) is 0 Å². The van der Waals surface area contributed by atoms with Crippen molar-refractivity contribution in [3.8, 4) is 0 Å². The Labute approximate surface area is 121 Å². The van der Waals surface area contributed by atoms with E-state index in [1.54, 1.807) is 0 Å². The summed E-state index contributed by atoms with van der Waals surface area (Å²) in [5, 5.41) is 3.27. The Bertz CT molecular complexity index is 282. The van der Waals surface area contributed by atoms with Crippen LogP contribution in [0.25, 0.3) is 0 Å². The molecule has 2 fully saturated rings. The predicted octanol–water partition coefficient (Wildman–Crippen LogP) is 2.37. The van der Waals surface area contributed by atoms with Crippen LogP contribution in [0.3, 0.4) is 0 Å². The van der Waals surface area contributed by atoms with Crippen LogP contribution in [-0.4, -0.2) is 48.0 Å². The van der Waals surface area contributed by atoms with Crippen LogP contribution in [0.15, 0.2) is 0 Å².